The van der Waals surface area contributed by atoms with Crippen molar-refractivity contribution in [3.8, 4) is 11.5 Å². The minimum Gasteiger partial charge on any atom is -0.484 e. The van der Waals surface area contributed by atoms with Gasteiger partial charge < -0.3 is 19.7 Å². The predicted molar refractivity (Wildman–Crippen MR) is 111 cm³/mol. The van der Waals surface area contributed by atoms with E-state index >= 15 is 0 Å². The number of halogens is 2. The summed E-state index contributed by atoms with van der Waals surface area (Å²) >= 11 is 0. The third-order valence-electron chi connectivity index (χ3n) is 5.19. The number of ether oxygens (including phenoxy) is 2. The van der Waals surface area contributed by atoms with Gasteiger partial charge in [-0.2, -0.15) is 8.78 Å². The van der Waals surface area contributed by atoms with Gasteiger partial charge in [0.15, 0.2) is 6.61 Å². The molecule has 0 spiro atoms. The normalized spacial score (nSPS) is 14.4. The monoisotopic (exact) mass is 432 g/mol. The van der Waals surface area contributed by atoms with Crippen molar-refractivity contribution in [3.63, 3.8) is 0 Å². The van der Waals surface area contributed by atoms with Crippen LogP contribution in [0.3, 0.4) is 0 Å². The molecule has 0 aliphatic carbocycles. The van der Waals surface area contributed by atoms with E-state index in [9.17, 15) is 18.4 Å². The van der Waals surface area contributed by atoms with Crippen molar-refractivity contribution in [2.75, 3.05) is 26.2 Å². The summed E-state index contributed by atoms with van der Waals surface area (Å²) in [6.45, 7) is -1.34. The molecule has 1 aliphatic rings. The fourth-order valence-corrected chi connectivity index (χ4v) is 3.46. The number of carbonyl (C=O) groups is 2. The molecule has 166 valence electrons. The molecule has 1 heterocycles. The number of hydrogen-bond donors (Lipinski definition) is 1. The molecule has 1 N–H and O–H groups in total. The minimum atomic E-state index is -2.84. The molecular formula is C23H26F2N2O4. The highest BCUT2D eigenvalue weighted by atomic mass is 19.3. The molecule has 3 rings (SSSR count). The van der Waals surface area contributed by atoms with Crippen LogP contribution in [0, 0.1) is 5.92 Å². The molecule has 1 saturated heterocycles. The van der Waals surface area contributed by atoms with Crippen molar-refractivity contribution in [1.82, 2.24) is 10.2 Å². The first-order chi connectivity index (χ1) is 15.0. The van der Waals surface area contributed by atoms with Crippen LogP contribution >= 0.6 is 0 Å². The van der Waals surface area contributed by atoms with Gasteiger partial charge in [0.2, 0.25) is 5.91 Å². The number of nitrogens with one attached hydrogen (secondary N) is 1. The Morgan fingerprint density at radius 3 is 2.32 bits per heavy atom. The third kappa shape index (κ3) is 7.24. The zero-order valence-electron chi connectivity index (χ0n) is 17.1. The van der Waals surface area contributed by atoms with Crippen LogP contribution in [0.2, 0.25) is 0 Å². The second kappa shape index (κ2) is 11.3. The maximum absolute atomic E-state index is 12.4. The first-order valence-electron chi connectivity index (χ1n) is 10.3. The first kappa shape index (κ1) is 22.5. The Morgan fingerprint density at radius 2 is 1.68 bits per heavy atom. The molecule has 0 aromatic heterocycles. The lowest BCUT2D eigenvalue weighted by atomic mass is 9.96. The number of piperidine rings is 1. The Labute approximate surface area is 180 Å². The van der Waals surface area contributed by atoms with E-state index in [1.54, 1.807) is 29.2 Å². The standard InChI is InChI=1S/C23H26F2N2O4/c24-23(25)31-20-8-6-17(7-9-20)10-13-26-22(29)18-11-14-27(15-12-18)21(28)16-30-19-4-2-1-3-5-19/h1-9,18,23H,10-16H2,(H,26,29). The van der Waals surface area contributed by atoms with Gasteiger partial charge in [0, 0.05) is 25.6 Å². The summed E-state index contributed by atoms with van der Waals surface area (Å²) in [5, 5.41) is 2.92. The highest BCUT2D eigenvalue weighted by Crippen LogP contribution is 2.18. The third-order valence-corrected chi connectivity index (χ3v) is 5.19. The van der Waals surface area contributed by atoms with Crippen LogP contribution in [-0.4, -0.2) is 49.6 Å². The highest BCUT2D eigenvalue weighted by Gasteiger charge is 2.27. The van der Waals surface area contributed by atoms with E-state index < -0.39 is 6.61 Å². The molecule has 6 nitrogen and oxygen atoms in total. The quantitative estimate of drug-likeness (QED) is 0.661. The van der Waals surface area contributed by atoms with Gasteiger partial charge in [0.25, 0.3) is 5.91 Å². The Kier molecular flexibility index (Phi) is 8.20. The van der Waals surface area contributed by atoms with Gasteiger partial charge in [-0.05, 0) is 49.1 Å². The van der Waals surface area contributed by atoms with Crippen molar-refractivity contribution < 1.29 is 27.8 Å². The highest BCUT2D eigenvalue weighted by molar-refractivity contribution is 5.80. The van der Waals surface area contributed by atoms with Crippen molar-refractivity contribution in [2.24, 2.45) is 5.92 Å². The second-order valence-corrected chi connectivity index (χ2v) is 7.32. The summed E-state index contributed by atoms with van der Waals surface area (Å²) in [6, 6.07) is 15.5. The SMILES string of the molecule is O=C(NCCc1ccc(OC(F)F)cc1)C1CCN(C(=O)COc2ccccc2)CC1. The minimum absolute atomic E-state index is 0.0119. The van der Waals surface area contributed by atoms with Gasteiger partial charge in [0.05, 0.1) is 0 Å². The molecule has 0 atom stereocenters. The Hall–Kier alpha value is -3.16. The van der Waals surface area contributed by atoms with E-state index in [4.69, 9.17) is 4.74 Å². The van der Waals surface area contributed by atoms with Gasteiger partial charge in [0.1, 0.15) is 11.5 Å². The Balaban J connectivity index is 1.33. The maximum atomic E-state index is 12.4. The summed E-state index contributed by atoms with van der Waals surface area (Å²) in [5.74, 6) is 0.535. The molecule has 2 aromatic rings. The van der Waals surface area contributed by atoms with E-state index in [1.165, 1.54) is 12.1 Å². The van der Waals surface area contributed by atoms with Crippen LogP contribution in [0.1, 0.15) is 18.4 Å². The van der Waals surface area contributed by atoms with E-state index in [2.05, 4.69) is 10.1 Å². The topological polar surface area (TPSA) is 67.9 Å². The molecule has 0 radical (unpaired) electrons. The van der Waals surface area contributed by atoms with E-state index in [0.29, 0.717) is 44.6 Å². The lowest BCUT2D eigenvalue weighted by Gasteiger charge is -2.31. The summed E-state index contributed by atoms with van der Waals surface area (Å²) in [6.07, 6.45) is 1.82. The molecule has 2 aromatic carbocycles. The molecule has 0 bridgehead atoms. The Bertz CT molecular complexity index is 838. The van der Waals surface area contributed by atoms with E-state index in [-0.39, 0.29) is 30.1 Å². The van der Waals surface area contributed by atoms with Crippen molar-refractivity contribution >= 4 is 11.8 Å². The number of carbonyl (C=O) groups excluding carboxylic acids is 2. The number of para-hydroxylation sites is 1. The van der Waals surface area contributed by atoms with Crippen LogP contribution < -0.4 is 14.8 Å². The van der Waals surface area contributed by atoms with Crippen molar-refractivity contribution in [1.29, 1.82) is 0 Å². The van der Waals surface area contributed by atoms with Crippen LogP contribution in [0.4, 0.5) is 8.78 Å². The number of nitrogens with zero attached hydrogens (tertiary/aromatic N) is 1. The average Bonchev–Trinajstić information content (AvgIpc) is 2.79. The number of rotatable bonds is 9. The fraction of sp³-hybridized carbons (Fsp3) is 0.391. The number of benzene rings is 2. The van der Waals surface area contributed by atoms with E-state index in [0.717, 1.165) is 5.56 Å². The van der Waals surface area contributed by atoms with E-state index in [1.807, 2.05) is 18.2 Å². The van der Waals surface area contributed by atoms with Crippen LogP contribution in [-0.2, 0) is 16.0 Å². The molecule has 2 amide bonds. The summed E-state index contributed by atoms with van der Waals surface area (Å²) < 4.78 is 34.2. The zero-order valence-corrected chi connectivity index (χ0v) is 17.1. The lowest BCUT2D eigenvalue weighted by molar-refractivity contribution is -0.137. The second-order valence-electron chi connectivity index (χ2n) is 7.32. The molecular weight excluding hydrogens is 406 g/mol. The lowest BCUT2D eigenvalue weighted by Crippen LogP contribution is -2.44. The van der Waals surface area contributed by atoms with Gasteiger partial charge in [-0.25, -0.2) is 0 Å². The summed E-state index contributed by atoms with van der Waals surface area (Å²) in [4.78, 5) is 26.4. The smallest absolute Gasteiger partial charge is 0.387 e. The molecule has 8 heteroatoms. The van der Waals surface area contributed by atoms with Crippen LogP contribution in [0.25, 0.3) is 0 Å². The van der Waals surface area contributed by atoms with Crippen LogP contribution in [0.5, 0.6) is 11.5 Å². The molecule has 0 saturated carbocycles. The number of likely N-dealkylation sites (tertiary alicyclic amines) is 1. The van der Waals surface area contributed by atoms with Gasteiger partial charge in [-0.3, -0.25) is 9.59 Å². The van der Waals surface area contributed by atoms with Crippen LogP contribution in [0.15, 0.2) is 54.6 Å². The molecule has 1 aliphatic heterocycles. The largest absolute Gasteiger partial charge is 0.484 e. The van der Waals surface area contributed by atoms with Gasteiger partial charge in [-0.15, -0.1) is 0 Å². The molecule has 31 heavy (non-hydrogen) atoms. The van der Waals surface area contributed by atoms with Gasteiger partial charge >= 0.3 is 6.61 Å². The van der Waals surface area contributed by atoms with Crippen molar-refractivity contribution in [2.45, 2.75) is 25.9 Å². The van der Waals surface area contributed by atoms with Crippen molar-refractivity contribution in [3.05, 3.63) is 60.2 Å². The summed E-state index contributed by atoms with van der Waals surface area (Å²) in [7, 11) is 0. The maximum Gasteiger partial charge on any atom is 0.387 e. The zero-order chi connectivity index (χ0) is 22.1. The summed E-state index contributed by atoms with van der Waals surface area (Å²) in [5.41, 5.74) is 0.917. The number of alkyl halides is 2. The predicted octanol–water partition coefficient (Wildman–Crippen LogP) is 3.26. The Morgan fingerprint density at radius 1 is 1.00 bits per heavy atom. The number of amides is 2. The molecule has 0 unspecified atom stereocenters. The fourth-order valence-electron chi connectivity index (χ4n) is 3.46. The van der Waals surface area contributed by atoms with Gasteiger partial charge in [-0.1, -0.05) is 30.3 Å². The first-order valence-corrected chi connectivity index (χ1v) is 10.3. The average molecular weight is 432 g/mol. The molecule has 1 fully saturated rings. The number of hydrogen-bond acceptors (Lipinski definition) is 4.